The van der Waals surface area contributed by atoms with Crippen LogP contribution in [0.25, 0.3) is 0 Å². The lowest BCUT2D eigenvalue weighted by Crippen LogP contribution is -2.58. The summed E-state index contributed by atoms with van der Waals surface area (Å²) in [5.41, 5.74) is 0. The van der Waals surface area contributed by atoms with Gasteiger partial charge >= 0.3 is 0 Å². The van der Waals surface area contributed by atoms with Crippen molar-refractivity contribution in [1.82, 2.24) is 10.2 Å². The van der Waals surface area contributed by atoms with E-state index < -0.39 is 0 Å². The zero-order valence-corrected chi connectivity index (χ0v) is 10.4. The number of nitrogens with one attached hydrogen (secondary N) is 1. The van der Waals surface area contributed by atoms with Gasteiger partial charge in [-0.15, -0.1) is 6.58 Å². The summed E-state index contributed by atoms with van der Waals surface area (Å²) < 4.78 is 0. The van der Waals surface area contributed by atoms with Gasteiger partial charge in [0, 0.05) is 18.1 Å². The molecule has 1 atom stereocenters. The van der Waals surface area contributed by atoms with E-state index in [4.69, 9.17) is 0 Å². The predicted molar refractivity (Wildman–Crippen MR) is 66.3 cm³/mol. The molecule has 0 bridgehead atoms. The molecule has 1 N–H and O–H groups in total. The van der Waals surface area contributed by atoms with Gasteiger partial charge in [0.2, 0.25) is 11.8 Å². The number of carbonyl (C=O) groups is 2. The number of hydrogen-bond acceptors (Lipinski definition) is 3. The van der Waals surface area contributed by atoms with Crippen molar-refractivity contribution < 1.29 is 9.59 Å². The first kappa shape index (κ1) is 13.1. The average Bonchev–Trinajstić information content (AvgIpc) is 2.28. The molecular weight excluding hydrogens is 224 g/mol. The van der Waals surface area contributed by atoms with E-state index in [1.54, 1.807) is 16.7 Å². The Labute approximate surface area is 100 Å². The fourth-order valence-electron chi connectivity index (χ4n) is 1.58. The molecule has 1 rings (SSSR count). The van der Waals surface area contributed by atoms with E-state index in [1.165, 1.54) is 0 Å². The zero-order valence-electron chi connectivity index (χ0n) is 9.57. The van der Waals surface area contributed by atoms with Crippen molar-refractivity contribution >= 4 is 23.6 Å². The first-order chi connectivity index (χ1) is 7.69. The molecule has 0 spiro atoms. The van der Waals surface area contributed by atoms with Crippen LogP contribution >= 0.6 is 11.8 Å². The fourth-order valence-corrected chi connectivity index (χ4v) is 2.26. The van der Waals surface area contributed by atoms with Crippen molar-refractivity contribution in [3.8, 4) is 0 Å². The van der Waals surface area contributed by atoms with Crippen molar-refractivity contribution in [3.63, 3.8) is 0 Å². The molecule has 1 saturated heterocycles. The van der Waals surface area contributed by atoms with Gasteiger partial charge in [0.15, 0.2) is 0 Å². The first-order valence-electron chi connectivity index (χ1n) is 5.45. The summed E-state index contributed by atoms with van der Waals surface area (Å²) in [6.45, 7) is 6.37. The minimum absolute atomic E-state index is 0.0429. The lowest BCUT2D eigenvalue weighted by Gasteiger charge is -2.31. The third-order valence-corrected chi connectivity index (χ3v) is 3.37. The molecule has 90 valence electrons. The third kappa shape index (κ3) is 3.56. The van der Waals surface area contributed by atoms with Gasteiger partial charge in [-0.2, -0.15) is 11.8 Å². The highest BCUT2D eigenvalue weighted by Gasteiger charge is 2.30. The van der Waals surface area contributed by atoms with Crippen LogP contribution in [0.5, 0.6) is 0 Å². The highest BCUT2D eigenvalue weighted by Crippen LogP contribution is 2.08. The molecule has 1 aliphatic heterocycles. The highest BCUT2D eigenvalue weighted by atomic mass is 32.2. The van der Waals surface area contributed by atoms with E-state index in [1.807, 2.05) is 13.0 Å². The lowest BCUT2D eigenvalue weighted by atomic mass is 10.1. The van der Waals surface area contributed by atoms with Gasteiger partial charge < -0.3 is 10.2 Å². The van der Waals surface area contributed by atoms with Gasteiger partial charge in [0.05, 0.1) is 6.54 Å². The maximum absolute atomic E-state index is 11.8. The van der Waals surface area contributed by atoms with Gasteiger partial charge in [0.25, 0.3) is 0 Å². The number of nitrogens with zero attached hydrogens (tertiary/aromatic N) is 1. The molecule has 5 heteroatoms. The van der Waals surface area contributed by atoms with E-state index in [0.29, 0.717) is 13.0 Å². The average molecular weight is 242 g/mol. The first-order valence-corrected chi connectivity index (χ1v) is 6.61. The molecule has 0 aromatic heterocycles. The van der Waals surface area contributed by atoms with Crippen LogP contribution < -0.4 is 5.32 Å². The number of hydrogen-bond donors (Lipinski definition) is 1. The summed E-state index contributed by atoms with van der Waals surface area (Å²) in [5.74, 6) is 1.72. The van der Waals surface area contributed by atoms with Gasteiger partial charge in [-0.25, -0.2) is 0 Å². The number of piperazine rings is 1. The largest absolute Gasteiger partial charge is 0.343 e. The van der Waals surface area contributed by atoms with Gasteiger partial charge in [0.1, 0.15) is 6.04 Å². The van der Waals surface area contributed by atoms with Gasteiger partial charge in [-0.3, -0.25) is 9.59 Å². The van der Waals surface area contributed by atoms with Crippen molar-refractivity contribution in [3.05, 3.63) is 12.7 Å². The number of rotatable bonds is 6. The monoisotopic (exact) mass is 242 g/mol. The number of carbonyl (C=O) groups excluding carboxylic acids is 2. The molecular formula is C11H18N2O2S. The second kappa shape index (κ2) is 6.58. The molecule has 1 aliphatic rings. The Bertz CT molecular complexity index is 281. The summed E-state index contributed by atoms with van der Waals surface area (Å²) in [6, 6.07) is -0.328. The molecule has 0 saturated carbocycles. The molecule has 0 radical (unpaired) electrons. The zero-order chi connectivity index (χ0) is 12.0. The van der Waals surface area contributed by atoms with Gasteiger partial charge in [-0.05, 0) is 6.42 Å². The Hall–Kier alpha value is -0.970. The van der Waals surface area contributed by atoms with E-state index >= 15 is 0 Å². The Balaban J connectivity index is 2.41. The highest BCUT2D eigenvalue weighted by molar-refractivity contribution is 7.99. The minimum Gasteiger partial charge on any atom is -0.343 e. The second-order valence-electron chi connectivity index (χ2n) is 3.65. The molecule has 0 aromatic carbocycles. The summed E-state index contributed by atoms with van der Waals surface area (Å²) in [6.07, 6.45) is 2.49. The van der Waals surface area contributed by atoms with E-state index in [2.05, 4.69) is 11.9 Å². The van der Waals surface area contributed by atoms with Crippen LogP contribution in [0.2, 0.25) is 0 Å². The van der Waals surface area contributed by atoms with Crippen LogP contribution in [0.15, 0.2) is 12.7 Å². The van der Waals surface area contributed by atoms with Gasteiger partial charge in [-0.1, -0.05) is 13.0 Å². The molecule has 16 heavy (non-hydrogen) atoms. The third-order valence-electron chi connectivity index (χ3n) is 2.43. The summed E-state index contributed by atoms with van der Waals surface area (Å²) in [4.78, 5) is 24.8. The fraction of sp³-hybridized carbons (Fsp3) is 0.636. The van der Waals surface area contributed by atoms with Crippen molar-refractivity contribution in [1.29, 1.82) is 0 Å². The van der Waals surface area contributed by atoms with E-state index in [0.717, 1.165) is 11.5 Å². The SMILES string of the molecule is C=CCSCCN1CC(=O)NC(CC)C1=O. The Morgan fingerprint density at radius 1 is 1.62 bits per heavy atom. The Morgan fingerprint density at radius 3 is 3.00 bits per heavy atom. The quantitative estimate of drug-likeness (QED) is 0.549. The minimum atomic E-state index is -0.328. The summed E-state index contributed by atoms with van der Waals surface area (Å²) >= 11 is 1.72. The Morgan fingerprint density at radius 2 is 2.38 bits per heavy atom. The normalized spacial score (nSPS) is 20.8. The van der Waals surface area contributed by atoms with Crippen LogP contribution in [0.1, 0.15) is 13.3 Å². The summed E-state index contributed by atoms with van der Waals surface area (Å²) in [5, 5.41) is 2.69. The second-order valence-corrected chi connectivity index (χ2v) is 4.80. The maximum Gasteiger partial charge on any atom is 0.245 e. The molecule has 2 amide bonds. The van der Waals surface area contributed by atoms with Crippen LogP contribution in [0, 0.1) is 0 Å². The van der Waals surface area contributed by atoms with Crippen molar-refractivity contribution in [2.24, 2.45) is 0 Å². The Kier molecular flexibility index (Phi) is 5.38. The van der Waals surface area contributed by atoms with Crippen molar-refractivity contribution in [2.45, 2.75) is 19.4 Å². The van der Waals surface area contributed by atoms with Crippen LogP contribution in [0.3, 0.4) is 0 Å². The predicted octanol–water partition coefficient (Wildman–Crippen LogP) is 0.643. The topological polar surface area (TPSA) is 49.4 Å². The molecule has 1 fully saturated rings. The smallest absolute Gasteiger partial charge is 0.245 e. The van der Waals surface area contributed by atoms with Crippen LogP contribution in [0.4, 0.5) is 0 Å². The lowest BCUT2D eigenvalue weighted by molar-refractivity contribution is -0.144. The molecule has 0 aromatic rings. The molecule has 1 unspecified atom stereocenters. The van der Waals surface area contributed by atoms with Crippen molar-refractivity contribution in [2.75, 3.05) is 24.6 Å². The van der Waals surface area contributed by atoms with E-state index in [9.17, 15) is 9.59 Å². The molecule has 0 aliphatic carbocycles. The molecule has 4 nitrogen and oxygen atoms in total. The number of thioether (sulfide) groups is 1. The molecule has 1 heterocycles. The standard InChI is InChI=1S/C11H18N2O2S/c1-3-6-16-7-5-13-8-10(14)12-9(4-2)11(13)15/h3,9H,1,4-8H2,2H3,(H,12,14). The van der Waals surface area contributed by atoms with Crippen LogP contribution in [-0.2, 0) is 9.59 Å². The number of amides is 2. The van der Waals surface area contributed by atoms with Crippen LogP contribution in [-0.4, -0.2) is 47.4 Å². The summed E-state index contributed by atoms with van der Waals surface area (Å²) in [7, 11) is 0. The van der Waals surface area contributed by atoms with E-state index in [-0.39, 0.29) is 24.4 Å². The maximum atomic E-state index is 11.8.